The Kier molecular flexibility index (Phi) is 7.05. The molecule has 8 heteroatoms. The Morgan fingerprint density at radius 2 is 1.67 bits per heavy atom. The minimum absolute atomic E-state index is 0.350. The van der Waals surface area contributed by atoms with Crippen LogP contribution in [0.1, 0.15) is 12.8 Å². The molecule has 36 heavy (non-hydrogen) atoms. The smallest absolute Gasteiger partial charge is 0.240 e. The number of benzene rings is 2. The van der Waals surface area contributed by atoms with Crippen LogP contribution in [0.3, 0.4) is 0 Å². The lowest BCUT2D eigenvalue weighted by Crippen LogP contribution is -2.39. The van der Waals surface area contributed by atoms with Crippen LogP contribution in [-0.2, 0) is 9.59 Å². The van der Waals surface area contributed by atoms with Crippen molar-refractivity contribution in [2.45, 2.75) is 12.8 Å². The quantitative estimate of drug-likeness (QED) is 0.305. The van der Waals surface area contributed by atoms with Gasteiger partial charge in [-0.25, -0.2) is 0 Å². The summed E-state index contributed by atoms with van der Waals surface area (Å²) in [6.07, 6.45) is 7.28. The highest BCUT2D eigenvalue weighted by Crippen LogP contribution is 2.47. The number of methoxy groups -OCH3 is 2. The van der Waals surface area contributed by atoms with Crippen LogP contribution in [0, 0.1) is 5.41 Å². The number of nitrogens with zero attached hydrogens (tertiary/aromatic N) is 1. The van der Waals surface area contributed by atoms with Crippen molar-refractivity contribution in [2.24, 2.45) is 5.41 Å². The number of anilines is 1. The van der Waals surface area contributed by atoms with E-state index in [1.807, 2.05) is 6.07 Å². The summed E-state index contributed by atoms with van der Waals surface area (Å²) < 4.78 is 16.8. The van der Waals surface area contributed by atoms with Crippen molar-refractivity contribution in [3.05, 3.63) is 85.7 Å². The van der Waals surface area contributed by atoms with Crippen LogP contribution in [-0.4, -0.2) is 31.0 Å². The predicted octanol–water partition coefficient (Wildman–Crippen LogP) is 5.14. The highest BCUT2D eigenvalue weighted by molar-refractivity contribution is 6.13. The minimum Gasteiger partial charge on any atom is -0.493 e. The molecule has 1 fully saturated rings. The van der Waals surface area contributed by atoms with Gasteiger partial charge in [0.2, 0.25) is 11.8 Å². The fourth-order valence-corrected chi connectivity index (χ4v) is 3.74. The van der Waals surface area contributed by atoms with Gasteiger partial charge in [0.25, 0.3) is 0 Å². The zero-order valence-electron chi connectivity index (χ0n) is 20.2. The number of rotatable bonds is 10. The molecule has 0 spiro atoms. The van der Waals surface area contributed by atoms with Crippen molar-refractivity contribution in [2.75, 3.05) is 19.5 Å². The number of pyridine rings is 1. The Bertz CT molecular complexity index is 1360. The number of allylic oxidation sites excluding steroid dienone is 3. The van der Waals surface area contributed by atoms with Gasteiger partial charge in [0.15, 0.2) is 11.5 Å². The molecule has 0 aliphatic heterocycles. The normalized spacial score (nSPS) is 13.9. The lowest BCUT2D eigenvalue weighted by atomic mass is 10.0. The summed E-state index contributed by atoms with van der Waals surface area (Å²) in [4.78, 5) is 30.0. The monoisotopic (exact) mass is 485 g/mol. The molecule has 1 heterocycles. The Hall–Kier alpha value is -4.59. The molecule has 0 atom stereocenters. The molecular weight excluding hydrogens is 458 g/mol. The zero-order chi connectivity index (χ0) is 25.7. The first-order valence-corrected chi connectivity index (χ1v) is 11.3. The fraction of sp³-hybridized carbons (Fsp3) is 0.179. The van der Waals surface area contributed by atoms with Crippen molar-refractivity contribution in [1.29, 1.82) is 0 Å². The number of hydrogen-bond acceptors (Lipinski definition) is 6. The van der Waals surface area contributed by atoms with Gasteiger partial charge in [-0.05, 0) is 61.4 Å². The first-order valence-electron chi connectivity index (χ1n) is 11.3. The summed E-state index contributed by atoms with van der Waals surface area (Å²) in [5, 5.41) is 6.33. The van der Waals surface area contributed by atoms with Gasteiger partial charge in [-0.2, -0.15) is 0 Å². The average Bonchev–Trinajstić information content (AvgIpc) is 3.71. The fourth-order valence-electron chi connectivity index (χ4n) is 3.74. The van der Waals surface area contributed by atoms with E-state index in [9.17, 15) is 9.59 Å². The highest BCUT2D eigenvalue weighted by atomic mass is 16.5. The van der Waals surface area contributed by atoms with E-state index in [0.717, 1.165) is 5.39 Å². The highest BCUT2D eigenvalue weighted by Gasteiger charge is 2.56. The lowest BCUT2D eigenvalue weighted by Gasteiger charge is -2.16. The molecule has 0 saturated heterocycles. The molecule has 2 aromatic carbocycles. The van der Waals surface area contributed by atoms with E-state index in [2.05, 4.69) is 28.8 Å². The van der Waals surface area contributed by atoms with Crippen molar-refractivity contribution in [1.82, 2.24) is 10.3 Å². The number of carbonyl (C=O) groups is 2. The summed E-state index contributed by atoms with van der Waals surface area (Å²) >= 11 is 0. The van der Waals surface area contributed by atoms with Gasteiger partial charge in [-0.15, -0.1) is 0 Å². The number of hydrogen-bond donors (Lipinski definition) is 2. The molecule has 2 N–H and O–H groups in total. The summed E-state index contributed by atoms with van der Waals surface area (Å²) in [6.45, 7) is 7.27. The number of amides is 2. The molecule has 184 valence electrons. The number of fused-ring (bicyclic) bond motifs is 1. The molecule has 1 aliphatic carbocycles. The van der Waals surface area contributed by atoms with Gasteiger partial charge in [-0.3, -0.25) is 14.6 Å². The number of ether oxygens (including phenoxy) is 3. The van der Waals surface area contributed by atoms with Crippen molar-refractivity contribution < 1.29 is 23.8 Å². The maximum atomic E-state index is 12.9. The van der Waals surface area contributed by atoms with Crippen molar-refractivity contribution >= 4 is 28.4 Å². The molecular formula is C28H27N3O5. The molecule has 1 saturated carbocycles. The number of nitrogens with one attached hydrogen (secondary N) is 2. The van der Waals surface area contributed by atoms with Crippen LogP contribution < -0.4 is 24.8 Å². The Labute approximate surface area is 209 Å². The van der Waals surface area contributed by atoms with E-state index in [1.165, 1.54) is 6.08 Å². The largest absolute Gasteiger partial charge is 0.493 e. The maximum Gasteiger partial charge on any atom is 0.240 e. The first kappa shape index (κ1) is 24.5. The second-order valence-electron chi connectivity index (χ2n) is 8.21. The zero-order valence-corrected chi connectivity index (χ0v) is 20.2. The van der Waals surface area contributed by atoms with Gasteiger partial charge in [0.1, 0.15) is 16.9 Å². The van der Waals surface area contributed by atoms with Gasteiger partial charge in [-0.1, -0.05) is 19.2 Å². The van der Waals surface area contributed by atoms with Crippen molar-refractivity contribution in [3.63, 3.8) is 0 Å². The molecule has 0 bridgehead atoms. The van der Waals surface area contributed by atoms with Crippen molar-refractivity contribution in [3.8, 4) is 23.0 Å². The lowest BCUT2D eigenvalue weighted by molar-refractivity contribution is -0.133. The minimum atomic E-state index is -1.09. The van der Waals surface area contributed by atoms with Gasteiger partial charge in [0.05, 0.1) is 19.7 Å². The third kappa shape index (κ3) is 4.93. The second kappa shape index (κ2) is 10.4. The van der Waals surface area contributed by atoms with Crippen LogP contribution in [0.25, 0.3) is 10.9 Å². The van der Waals surface area contributed by atoms with E-state index in [4.69, 9.17) is 14.2 Å². The van der Waals surface area contributed by atoms with Crippen LogP contribution in [0.5, 0.6) is 23.0 Å². The Morgan fingerprint density at radius 1 is 0.972 bits per heavy atom. The van der Waals surface area contributed by atoms with Gasteiger partial charge >= 0.3 is 0 Å². The summed E-state index contributed by atoms with van der Waals surface area (Å²) in [6, 6.07) is 12.3. The summed E-state index contributed by atoms with van der Waals surface area (Å²) in [7, 11) is 3.14. The van der Waals surface area contributed by atoms with E-state index >= 15 is 0 Å². The van der Waals surface area contributed by atoms with E-state index < -0.39 is 5.41 Å². The van der Waals surface area contributed by atoms with E-state index in [-0.39, 0.29) is 11.8 Å². The predicted molar refractivity (Wildman–Crippen MR) is 138 cm³/mol. The van der Waals surface area contributed by atoms with E-state index in [1.54, 1.807) is 69.0 Å². The molecule has 4 rings (SSSR count). The maximum absolute atomic E-state index is 12.9. The van der Waals surface area contributed by atoms with Crippen LogP contribution in [0.4, 0.5) is 5.69 Å². The molecule has 1 aromatic heterocycles. The second-order valence-corrected chi connectivity index (χ2v) is 8.21. The Morgan fingerprint density at radius 3 is 2.28 bits per heavy atom. The average molecular weight is 486 g/mol. The third-order valence-corrected chi connectivity index (χ3v) is 5.94. The molecule has 0 radical (unpaired) electrons. The SMILES string of the molecule is C=C/C=C(\C=C)NC(=O)C1(C(=O)Nc2ccc(Oc3ccnc4cc(OC)c(OC)cc34)cc2)CC1. The molecule has 0 unspecified atom stereocenters. The molecule has 1 aliphatic rings. The standard InChI is InChI=1S/C28H27N3O5/c1-5-7-18(6-2)30-26(32)28(13-14-28)27(33)31-19-8-10-20(11-9-19)36-23-12-15-29-22-17-25(35-4)24(34-3)16-21(22)23/h5-12,15-17H,1-2,13-14H2,3-4H3,(H,30,32)(H,31,33)/b18-7+. The van der Waals surface area contributed by atoms with Gasteiger partial charge < -0.3 is 24.8 Å². The molecule has 2 amide bonds. The van der Waals surface area contributed by atoms with Crippen LogP contribution in [0.2, 0.25) is 0 Å². The Balaban J connectivity index is 1.47. The van der Waals surface area contributed by atoms with Crippen LogP contribution in [0.15, 0.2) is 85.7 Å². The number of aromatic nitrogens is 1. The van der Waals surface area contributed by atoms with Gasteiger partial charge in [0, 0.05) is 29.0 Å². The van der Waals surface area contributed by atoms with E-state index in [0.29, 0.717) is 52.7 Å². The third-order valence-electron chi connectivity index (χ3n) is 5.94. The van der Waals surface area contributed by atoms with Crippen LogP contribution >= 0.6 is 0 Å². The topological polar surface area (TPSA) is 98.8 Å². The molecule has 3 aromatic rings. The summed E-state index contributed by atoms with van der Waals surface area (Å²) in [5.41, 5.74) is 0.664. The summed E-state index contributed by atoms with van der Waals surface area (Å²) in [5.74, 6) is 1.60. The number of carbonyl (C=O) groups excluding carboxylic acids is 2. The molecule has 8 nitrogen and oxygen atoms in total. The first-order chi connectivity index (χ1) is 17.4.